The van der Waals surface area contributed by atoms with Crippen LogP contribution >= 0.6 is 0 Å². The van der Waals surface area contributed by atoms with Crippen LogP contribution in [-0.4, -0.2) is 12.1 Å². The molecular weight excluding hydrogens is 356 g/mol. The molecule has 3 fully saturated rings. The van der Waals surface area contributed by atoms with Gasteiger partial charge in [0, 0.05) is 6.42 Å². The van der Waals surface area contributed by atoms with E-state index in [4.69, 9.17) is 4.74 Å². The van der Waals surface area contributed by atoms with E-state index in [2.05, 4.69) is 6.92 Å². The van der Waals surface area contributed by atoms with Crippen LogP contribution in [0.1, 0.15) is 129 Å². The van der Waals surface area contributed by atoms with E-state index in [1.807, 2.05) is 6.92 Å². The van der Waals surface area contributed by atoms with E-state index in [9.17, 15) is 4.79 Å². The highest BCUT2D eigenvalue weighted by Crippen LogP contribution is 2.46. The van der Waals surface area contributed by atoms with Crippen molar-refractivity contribution in [2.24, 2.45) is 29.6 Å². The fraction of sp³-hybridized carbons (Fsp3) is 0.963. The maximum Gasteiger partial charge on any atom is 0.306 e. The van der Waals surface area contributed by atoms with Crippen LogP contribution in [0, 0.1) is 29.6 Å². The molecule has 2 nitrogen and oxygen atoms in total. The van der Waals surface area contributed by atoms with Gasteiger partial charge in [-0.3, -0.25) is 4.79 Å². The quantitative estimate of drug-likeness (QED) is 0.287. The molecule has 0 radical (unpaired) electrons. The summed E-state index contributed by atoms with van der Waals surface area (Å²) in [6.07, 6.45) is 24.4. The molecule has 2 heteroatoms. The van der Waals surface area contributed by atoms with E-state index in [-0.39, 0.29) is 12.1 Å². The molecule has 0 bridgehead atoms. The molecule has 0 aromatic carbocycles. The lowest BCUT2D eigenvalue weighted by Crippen LogP contribution is -2.31. The number of hydrogen-bond acceptors (Lipinski definition) is 2. The fourth-order valence-corrected chi connectivity index (χ4v) is 6.85. The predicted molar refractivity (Wildman–Crippen MR) is 122 cm³/mol. The van der Waals surface area contributed by atoms with E-state index >= 15 is 0 Å². The number of ether oxygens (including phenoxy) is 1. The molecule has 3 aliphatic carbocycles. The van der Waals surface area contributed by atoms with Crippen molar-refractivity contribution in [2.75, 3.05) is 0 Å². The standard InChI is InChI=1S/C27H48O2/c1-3-5-6-8-21-9-11-22(12-10-21)23-13-15-24(16-14-23)25-17-19-26(20-18-25)29-27(28)7-4-2/h21-26H,3-20H2,1-2H3. The molecule has 0 amide bonds. The molecular formula is C27H48O2. The topological polar surface area (TPSA) is 26.3 Å². The van der Waals surface area contributed by atoms with Crippen molar-refractivity contribution in [3.63, 3.8) is 0 Å². The minimum atomic E-state index is 0.0246. The average Bonchev–Trinajstić information content (AvgIpc) is 2.75. The minimum Gasteiger partial charge on any atom is -0.462 e. The van der Waals surface area contributed by atoms with Crippen molar-refractivity contribution in [3.8, 4) is 0 Å². The van der Waals surface area contributed by atoms with Crippen molar-refractivity contribution >= 4 is 5.97 Å². The summed E-state index contributed by atoms with van der Waals surface area (Å²) < 4.78 is 5.66. The predicted octanol–water partition coefficient (Wildman–Crippen LogP) is 8.08. The molecule has 0 atom stereocenters. The second-order valence-electron chi connectivity index (χ2n) is 10.7. The van der Waals surface area contributed by atoms with Crippen LogP contribution in [0.5, 0.6) is 0 Å². The van der Waals surface area contributed by atoms with Gasteiger partial charge in [-0.25, -0.2) is 0 Å². The lowest BCUT2D eigenvalue weighted by molar-refractivity contribution is -0.151. The number of carbonyl (C=O) groups is 1. The van der Waals surface area contributed by atoms with Crippen LogP contribution in [0.25, 0.3) is 0 Å². The molecule has 0 aromatic rings. The van der Waals surface area contributed by atoms with Crippen LogP contribution in [-0.2, 0) is 9.53 Å². The molecule has 0 spiro atoms. The number of rotatable bonds is 9. The highest BCUT2D eigenvalue weighted by Gasteiger charge is 2.35. The molecule has 0 unspecified atom stereocenters. The number of unbranched alkanes of at least 4 members (excludes halogenated alkanes) is 2. The fourth-order valence-electron chi connectivity index (χ4n) is 6.85. The SMILES string of the molecule is CCCCCC1CCC(C2CCC(C3CCC(OC(=O)CCC)CC3)CC2)CC1. The van der Waals surface area contributed by atoms with Gasteiger partial charge in [0.15, 0.2) is 0 Å². The van der Waals surface area contributed by atoms with Gasteiger partial charge in [0.05, 0.1) is 0 Å². The molecule has 0 saturated heterocycles. The summed E-state index contributed by atoms with van der Waals surface area (Å²) in [7, 11) is 0. The Labute approximate surface area is 180 Å². The Morgan fingerprint density at radius 1 is 0.655 bits per heavy atom. The van der Waals surface area contributed by atoms with E-state index in [1.165, 1.54) is 89.9 Å². The largest absolute Gasteiger partial charge is 0.462 e. The third kappa shape index (κ3) is 7.28. The van der Waals surface area contributed by atoms with E-state index in [0.29, 0.717) is 6.42 Å². The van der Waals surface area contributed by atoms with Gasteiger partial charge in [0.25, 0.3) is 0 Å². The first kappa shape index (κ1) is 23.1. The zero-order valence-corrected chi connectivity index (χ0v) is 19.5. The van der Waals surface area contributed by atoms with Crippen LogP contribution in [0.15, 0.2) is 0 Å². The van der Waals surface area contributed by atoms with Gasteiger partial charge < -0.3 is 4.74 Å². The first-order valence-electron chi connectivity index (χ1n) is 13.4. The van der Waals surface area contributed by atoms with Gasteiger partial charge in [-0.2, -0.15) is 0 Å². The maximum absolute atomic E-state index is 11.7. The van der Waals surface area contributed by atoms with Crippen molar-refractivity contribution in [2.45, 2.75) is 136 Å². The van der Waals surface area contributed by atoms with Gasteiger partial charge >= 0.3 is 5.97 Å². The summed E-state index contributed by atoms with van der Waals surface area (Å²) in [4.78, 5) is 11.7. The number of esters is 1. The van der Waals surface area contributed by atoms with E-state index in [0.717, 1.165) is 48.9 Å². The van der Waals surface area contributed by atoms with E-state index < -0.39 is 0 Å². The molecule has 0 N–H and O–H groups in total. The average molecular weight is 405 g/mol. The Bertz CT molecular complexity index is 449. The van der Waals surface area contributed by atoms with Crippen LogP contribution in [0.2, 0.25) is 0 Å². The van der Waals surface area contributed by atoms with Gasteiger partial charge in [-0.15, -0.1) is 0 Å². The van der Waals surface area contributed by atoms with Gasteiger partial charge in [-0.1, -0.05) is 52.4 Å². The van der Waals surface area contributed by atoms with Crippen LogP contribution < -0.4 is 0 Å². The smallest absolute Gasteiger partial charge is 0.306 e. The first-order chi connectivity index (χ1) is 14.2. The molecule has 0 aromatic heterocycles. The second-order valence-corrected chi connectivity index (χ2v) is 10.7. The van der Waals surface area contributed by atoms with Gasteiger partial charge in [-0.05, 0) is 100 Å². The highest BCUT2D eigenvalue weighted by molar-refractivity contribution is 5.69. The molecule has 3 saturated carbocycles. The third-order valence-corrected chi connectivity index (χ3v) is 8.73. The normalized spacial score (nSPS) is 35.9. The summed E-state index contributed by atoms with van der Waals surface area (Å²) in [5, 5.41) is 0. The van der Waals surface area contributed by atoms with Crippen LogP contribution in [0.4, 0.5) is 0 Å². The van der Waals surface area contributed by atoms with Gasteiger partial charge in [0.1, 0.15) is 6.10 Å². The van der Waals surface area contributed by atoms with E-state index in [1.54, 1.807) is 0 Å². The molecule has 3 rings (SSSR count). The Balaban J connectivity index is 1.31. The van der Waals surface area contributed by atoms with Crippen molar-refractivity contribution < 1.29 is 9.53 Å². The minimum absolute atomic E-state index is 0.0246. The third-order valence-electron chi connectivity index (χ3n) is 8.73. The summed E-state index contributed by atoms with van der Waals surface area (Å²) in [5.41, 5.74) is 0. The molecule has 29 heavy (non-hydrogen) atoms. The van der Waals surface area contributed by atoms with Crippen molar-refractivity contribution in [1.82, 2.24) is 0 Å². The Morgan fingerprint density at radius 2 is 1.14 bits per heavy atom. The second kappa shape index (κ2) is 12.4. The zero-order valence-electron chi connectivity index (χ0n) is 19.5. The monoisotopic (exact) mass is 404 g/mol. The van der Waals surface area contributed by atoms with Crippen molar-refractivity contribution in [1.29, 1.82) is 0 Å². The molecule has 3 aliphatic rings. The molecule has 0 heterocycles. The summed E-state index contributed by atoms with van der Waals surface area (Å²) in [5.74, 6) is 5.03. The summed E-state index contributed by atoms with van der Waals surface area (Å²) >= 11 is 0. The number of hydrogen-bond donors (Lipinski definition) is 0. The lowest BCUT2D eigenvalue weighted by Gasteiger charge is -2.41. The Hall–Kier alpha value is -0.530. The molecule has 0 aliphatic heterocycles. The maximum atomic E-state index is 11.7. The zero-order chi connectivity index (χ0) is 20.5. The Morgan fingerprint density at radius 3 is 1.62 bits per heavy atom. The first-order valence-corrected chi connectivity index (χ1v) is 13.4. The van der Waals surface area contributed by atoms with Crippen molar-refractivity contribution in [3.05, 3.63) is 0 Å². The van der Waals surface area contributed by atoms with Crippen LogP contribution in [0.3, 0.4) is 0 Å². The lowest BCUT2D eigenvalue weighted by atomic mass is 9.65. The highest BCUT2D eigenvalue weighted by atomic mass is 16.5. The molecule has 168 valence electrons. The number of carbonyl (C=O) groups excluding carboxylic acids is 1. The van der Waals surface area contributed by atoms with Gasteiger partial charge in [0.2, 0.25) is 0 Å². The summed E-state index contributed by atoms with van der Waals surface area (Å²) in [6.45, 7) is 4.37. The Kier molecular flexibility index (Phi) is 9.86. The summed E-state index contributed by atoms with van der Waals surface area (Å²) in [6, 6.07) is 0.